The molecule has 0 aromatic heterocycles. The molecule has 138 valence electrons. The van der Waals surface area contributed by atoms with Crippen LogP contribution >= 0.6 is 0 Å². The van der Waals surface area contributed by atoms with Gasteiger partial charge in [-0.3, -0.25) is 9.59 Å². The summed E-state index contributed by atoms with van der Waals surface area (Å²) in [6.07, 6.45) is 0. The topological polar surface area (TPSA) is 111 Å². The molecule has 0 saturated heterocycles. The van der Waals surface area contributed by atoms with Crippen LogP contribution in [0.2, 0.25) is 0 Å². The first-order valence-corrected chi connectivity index (χ1v) is 8.92. The second-order valence-corrected chi connectivity index (χ2v) is 6.89. The van der Waals surface area contributed by atoms with E-state index >= 15 is 0 Å². The normalized spacial score (nSPS) is 10.7. The molecule has 9 heteroatoms. The number of hydrogen-bond donors (Lipinski definition) is 2. The third-order valence-corrected chi connectivity index (χ3v) is 4.71. The highest BCUT2D eigenvalue weighted by Gasteiger charge is 2.21. The van der Waals surface area contributed by atoms with Crippen LogP contribution in [0.4, 0.5) is 5.69 Å². The quantitative estimate of drug-likeness (QED) is 0.793. The minimum atomic E-state index is -4.09. The summed E-state index contributed by atoms with van der Waals surface area (Å²) >= 11 is 0. The van der Waals surface area contributed by atoms with Gasteiger partial charge in [0, 0.05) is 18.7 Å². The Balaban J connectivity index is 2.23. The molecule has 0 bridgehead atoms. The summed E-state index contributed by atoms with van der Waals surface area (Å²) in [6, 6.07) is 9.82. The van der Waals surface area contributed by atoms with Crippen LogP contribution in [0.5, 0.6) is 11.5 Å². The Labute approximate surface area is 151 Å². The van der Waals surface area contributed by atoms with E-state index in [2.05, 4.69) is 5.32 Å². The fraction of sp³-hybridized carbons (Fsp3) is 0.176. The predicted octanol–water partition coefficient (Wildman–Crippen LogP) is 1.78. The second-order valence-electron chi connectivity index (χ2n) is 5.21. The SMILES string of the molecule is COc1ccc(C(=O)NS(=O)(=O)c2ccc(NC(C)=O)cc2)c(OC)c1. The fourth-order valence-corrected chi connectivity index (χ4v) is 3.11. The van der Waals surface area contributed by atoms with Crippen molar-refractivity contribution in [2.75, 3.05) is 19.5 Å². The number of nitrogens with one attached hydrogen (secondary N) is 2. The van der Waals surface area contributed by atoms with Crippen molar-refractivity contribution in [1.82, 2.24) is 4.72 Å². The van der Waals surface area contributed by atoms with Crippen molar-refractivity contribution in [2.24, 2.45) is 0 Å². The average molecular weight is 378 g/mol. The summed E-state index contributed by atoms with van der Waals surface area (Å²) in [5.41, 5.74) is 0.492. The number of methoxy groups -OCH3 is 2. The van der Waals surface area contributed by atoms with Gasteiger partial charge in [0.25, 0.3) is 15.9 Å². The summed E-state index contributed by atoms with van der Waals surface area (Å²) in [5, 5.41) is 2.53. The monoisotopic (exact) mass is 378 g/mol. The van der Waals surface area contributed by atoms with Crippen molar-refractivity contribution in [1.29, 1.82) is 0 Å². The number of hydrogen-bond acceptors (Lipinski definition) is 6. The highest BCUT2D eigenvalue weighted by Crippen LogP contribution is 2.25. The van der Waals surface area contributed by atoms with Crippen molar-refractivity contribution in [3.8, 4) is 11.5 Å². The molecule has 2 aromatic carbocycles. The maximum absolute atomic E-state index is 12.4. The van der Waals surface area contributed by atoms with Crippen molar-refractivity contribution < 1.29 is 27.5 Å². The van der Waals surface area contributed by atoms with E-state index in [4.69, 9.17) is 9.47 Å². The number of carbonyl (C=O) groups is 2. The number of rotatable bonds is 6. The van der Waals surface area contributed by atoms with Gasteiger partial charge in [-0.2, -0.15) is 0 Å². The molecule has 0 radical (unpaired) electrons. The van der Waals surface area contributed by atoms with Gasteiger partial charge in [-0.05, 0) is 36.4 Å². The molecule has 0 aliphatic heterocycles. The van der Waals surface area contributed by atoms with Crippen molar-refractivity contribution in [3.63, 3.8) is 0 Å². The number of sulfonamides is 1. The molecular formula is C17H18N2O6S. The Kier molecular flexibility index (Phi) is 5.83. The maximum atomic E-state index is 12.4. The number of carbonyl (C=O) groups excluding carboxylic acids is 2. The molecule has 2 N–H and O–H groups in total. The third-order valence-electron chi connectivity index (χ3n) is 3.37. The molecule has 26 heavy (non-hydrogen) atoms. The van der Waals surface area contributed by atoms with Crippen LogP contribution in [0.25, 0.3) is 0 Å². The van der Waals surface area contributed by atoms with E-state index in [1.807, 2.05) is 4.72 Å². The summed E-state index contributed by atoms with van der Waals surface area (Å²) in [5.74, 6) is -0.469. The zero-order valence-electron chi connectivity index (χ0n) is 14.4. The lowest BCUT2D eigenvalue weighted by molar-refractivity contribution is -0.114. The highest BCUT2D eigenvalue weighted by atomic mass is 32.2. The molecule has 0 heterocycles. The molecule has 2 aromatic rings. The van der Waals surface area contributed by atoms with E-state index in [0.29, 0.717) is 11.4 Å². The van der Waals surface area contributed by atoms with Crippen LogP contribution in [-0.2, 0) is 14.8 Å². The summed E-state index contributed by atoms with van der Waals surface area (Å²) in [6.45, 7) is 1.34. The molecule has 2 amide bonds. The van der Waals surface area contributed by atoms with Crippen molar-refractivity contribution in [3.05, 3.63) is 48.0 Å². The molecule has 0 fully saturated rings. The Morgan fingerprint density at radius 3 is 2.15 bits per heavy atom. The van der Waals surface area contributed by atoms with Crippen molar-refractivity contribution >= 4 is 27.5 Å². The van der Waals surface area contributed by atoms with Gasteiger partial charge in [-0.15, -0.1) is 0 Å². The lowest BCUT2D eigenvalue weighted by Gasteiger charge is -2.11. The van der Waals surface area contributed by atoms with E-state index in [9.17, 15) is 18.0 Å². The van der Waals surface area contributed by atoms with Crippen LogP contribution in [-0.4, -0.2) is 34.5 Å². The van der Waals surface area contributed by atoms with Gasteiger partial charge < -0.3 is 14.8 Å². The zero-order valence-corrected chi connectivity index (χ0v) is 15.2. The van der Waals surface area contributed by atoms with E-state index in [1.54, 1.807) is 0 Å². The lowest BCUT2D eigenvalue weighted by atomic mass is 10.2. The van der Waals surface area contributed by atoms with Gasteiger partial charge >= 0.3 is 0 Å². The molecule has 0 unspecified atom stereocenters. The number of benzene rings is 2. The second kappa shape index (κ2) is 7.87. The van der Waals surface area contributed by atoms with Gasteiger partial charge in [0.2, 0.25) is 5.91 Å². The van der Waals surface area contributed by atoms with Gasteiger partial charge in [0.05, 0.1) is 24.7 Å². The van der Waals surface area contributed by atoms with Crippen LogP contribution in [0.15, 0.2) is 47.4 Å². The Morgan fingerprint density at radius 2 is 1.62 bits per heavy atom. The van der Waals surface area contributed by atoms with Gasteiger partial charge in [0.1, 0.15) is 11.5 Å². The molecule has 0 saturated carbocycles. The number of amides is 2. The highest BCUT2D eigenvalue weighted by molar-refractivity contribution is 7.90. The smallest absolute Gasteiger partial charge is 0.268 e. The lowest BCUT2D eigenvalue weighted by Crippen LogP contribution is -2.30. The minimum absolute atomic E-state index is 0.0479. The Bertz CT molecular complexity index is 923. The van der Waals surface area contributed by atoms with Crippen LogP contribution in [0.1, 0.15) is 17.3 Å². The minimum Gasteiger partial charge on any atom is -0.497 e. The predicted molar refractivity (Wildman–Crippen MR) is 94.9 cm³/mol. The van der Waals surface area contributed by atoms with Crippen LogP contribution in [0, 0.1) is 0 Å². The fourth-order valence-electron chi connectivity index (χ4n) is 2.14. The Hall–Kier alpha value is -3.07. The standard InChI is InChI=1S/C17H18N2O6S/c1-11(20)18-12-4-7-14(8-5-12)26(22,23)19-17(21)15-9-6-13(24-2)10-16(15)25-3/h4-10H,1-3H3,(H,18,20)(H,19,21). The van der Waals surface area contributed by atoms with Gasteiger partial charge in [0.15, 0.2) is 0 Å². The molecule has 0 spiro atoms. The maximum Gasteiger partial charge on any atom is 0.268 e. The Morgan fingerprint density at radius 1 is 0.962 bits per heavy atom. The van der Waals surface area contributed by atoms with E-state index in [1.165, 1.54) is 63.6 Å². The van der Waals surface area contributed by atoms with Crippen molar-refractivity contribution in [2.45, 2.75) is 11.8 Å². The molecule has 0 aliphatic carbocycles. The number of ether oxygens (including phenoxy) is 2. The first-order chi connectivity index (χ1) is 12.3. The zero-order chi connectivity index (χ0) is 19.3. The van der Waals surface area contributed by atoms with E-state index in [0.717, 1.165) is 0 Å². The molecule has 0 atom stereocenters. The van der Waals surface area contributed by atoms with Crippen LogP contribution in [0.3, 0.4) is 0 Å². The molecule has 8 nitrogen and oxygen atoms in total. The van der Waals surface area contributed by atoms with Crippen LogP contribution < -0.4 is 19.5 Å². The average Bonchev–Trinajstić information content (AvgIpc) is 2.60. The van der Waals surface area contributed by atoms with E-state index in [-0.39, 0.29) is 22.1 Å². The number of anilines is 1. The summed E-state index contributed by atoms with van der Waals surface area (Å²) < 4.78 is 36.9. The molecular weight excluding hydrogens is 360 g/mol. The largest absolute Gasteiger partial charge is 0.497 e. The first kappa shape index (κ1) is 19.3. The van der Waals surface area contributed by atoms with Gasteiger partial charge in [-0.1, -0.05) is 0 Å². The van der Waals surface area contributed by atoms with Gasteiger partial charge in [-0.25, -0.2) is 13.1 Å². The summed E-state index contributed by atoms with van der Waals surface area (Å²) in [7, 11) is -1.27. The third kappa shape index (κ3) is 4.51. The molecule has 2 rings (SSSR count). The summed E-state index contributed by atoms with van der Waals surface area (Å²) in [4.78, 5) is 23.2. The van der Waals surface area contributed by atoms with E-state index < -0.39 is 15.9 Å². The molecule has 0 aliphatic rings. The first-order valence-electron chi connectivity index (χ1n) is 7.43.